The van der Waals surface area contributed by atoms with Gasteiger partial charge in [0.25, 0.3) is 11.7 Å². The Kier molecular flexibility index (Phi) is 3.39. The van der Waals surface area contributed by atoms with Crippen molar-refractivity contribution in [1.29, 1.82) is 0 Å². The molecule has 0 aliphatic rings. The Morgan fingerprint density at radius 2 is 2.14 bits per heavy atom. The summed E-state index contributed by atoms with van der Waals surface area (Å²) in [6.45, 7) is 1.36. The average molecular weight is 240 g/mol. The number of hydrogen-bond acceptors (Lipinski definition) is 2. The second-order valence-corrected chi connectivity index (χ2v) is 3.31. The highest BCUT2D eigenvalue weighted by atomic mass is 35.5. The quantitative estimate of drug-likeness (QED) is 0.742. The molecule has 6 heteroatoms. The second-order valence-electron chi connectivity index (χ2n) is 2.55. The molecule has 1 aromatic heterocycles. The molecule has 0 spiro atoms. The zero-order valence-electron chi connectivity index (χ0n) is 7.02. The minimum atomic E-state index is -2.82. The molecule has 1 rings (SSSR count). The summed E-state index contributed by atoms with van der Waals surface area (Å²) in [4.78, 5) is 14.5. The van der Waals surface area contributed by atoms with Gasteiger partial charge in [0.2, 0.25) is 0 Å². The van der Waals surface area contributed by atoms with Crippen molar-refractivity contribution in [3.8, 4) is 0 Å². The maximum atomic E-state index is 12.5. The number of rotatable bonds is 2. The summed E-state index contributed by atoms with van der Waals surface area (Å²) < 4.78 is 25.0. The zero-order chi connectivity index (χ0) is 10.9. The highest BCUT2D eigenvalue weighted by Crippen LogP contribution is 2.30. The van der Waals surface area contributed by atoms with E-state index in [4.69, 9.17) is 23.2 Å². The fraction of sp³-hybridized carbons (Fsp3) is 0.250. The SMILES string of the molecule is Cc1ncc(Cl)c(C(=O)Cl)c1C(F)F. The fourth-order valence-electron chi connectivity index (χ4n) is 1.06. The number of aryl methyl sites for hydroxylation is 1. The molecule has 0 fully saturated rings. The fourth-order valence-corrected chi connectivity index (χ4v) is 1.55. The Bertz CT molecular complexity index is 382. The Hall–Kier alpha value is -0.740. The summed E-state index contributed by atoms with van der Waals surface area (Å²) in [5.41, 5.74) is -0.818. The molecule has 0 saturated heterocycles. The topological polar surface area (TPSA) is 30.0 Å². The van der Waals surface area contributed by atoms with Crippen molar-refractivity contribution in [2.24, 2.45) is 0 Å². The smallest absolute Gasteiger partial charge is 0.266 e. The van der Waals surface area contributed by atoms with Crippen LogP contribution in [0.3, 0.4) is 0 Å². The van der Waals surface area contributed by atoms with Crippen LogP contribution in [-0.4, -0.2) is 10.2 Å². The van der Waals surface area contributed by atoms with E-state index in [9.17, 15) is 13.6 Å². The van der Waals surface area contributed by atoms with Crippen LogP contribution in [-0.2, 0) is 0 Å². The first-order chi connectivity index (χ1) is 6.45. The lowest BCUT2D eigenvalue weighted by Crippen LogP contribution is -2.04. The number of alkyl halides is 2. The molecule has 76 valence electrons. The molecular weight excluding hydrogens is 235 g/mol. The van der Waals surface area contributed by atoms with Crippen LogP contribution < -0.4 is 0 Å². The summed E-state index contributed by atoms with van der Waals surface area (Å²) in [5.74, 6) is 0. The third-order valence-corrected chi connectivity index (χ3v) is 2.16. The first-order valence-corrected chi connectivity index (χ1v) is 4.33. The number of hydrogen-bond donors (Lipinski definition) is 0. The molecule has 14 heavy (non-hydrogen) atoms. The van der Waals surface area contributed by atoms with Gasteiger partial charge in [-0.2, -0.15) is 0 Å². The minimum Gasteiger partial charge on any atom is -0.276 e. The van der Waals surface area contributed by atoms with E-state index in [1.165, 1.54) is 6.92 Å². The lowest BCUT2D eigenvalue weighted by Gasteiger charge is -2.09. The van der Waals surface area contributed by atoms with Gasteiger partial charge in [-0.05, 0) is 18.5 Å². The van der Waals surface area contributed by atoms with Gasteiger partial charge in [-0.25, -0.2) is 8.78 Å². The predicted molar refractivity (Wildman–Crippen MR) is 49.1 cm³/mol. The van der Waals surface area contributed by atoms with Crippen LogP contribution in [0.25, 0.3) is 0 Å². The third kappa shape index (κ3) is 2.01. The Morgan fingerprint density at radius 3 is 2.50 bits per heavy atom. The second kappa shape index (κ2) is 4.19. The predicted octanol–water partition coefficient (Wildman–Crippen LogP) is 3.36. The van der Waals surface area contributed by atoms with Gasteiger partial charge in [-0.1, -0.05) is 11.6 Å². The molecule has 1 aromatic rings. The first-order valence-electron chi connectivity index (χ1n) is 3.58. The van der Waals surface area contributed by atoms with Gasteiger partial charge in [0.15, 0.2) is 0 Å². The molecule has 0 aliphatic heterocycles. The van der Waals surface area contributed by atoms with Crippen LogP contribution >= 0.6 is 23.2 Å². The van der Waals surface area contributed by atoms with E-state index in [-0.39, 0.29) is 16.3 Å². The Morgan fingerprint density at radius 1 is 1.57 bits per heavy atom. The summed E-state index contributed by atoms with van der Waals surface area (Å²) in [6, 6.07) is 0. The van der Waals surface area contributed by atoms with Crippen LogP contribution in [0.1, 0.15) is 28.0 Å². The highest BCUT2D eigenvalue weighted by molar-refractivity contribution is 6.69. The van der Waals surface area contributed by atoms with Crippen molar-refractivity contribution in [2.45, 2.75) is 13.3 Å². The molecule has 2 nitrogen and oxygen atoms in total. The van der Waals surface area contributed by atoms with Crippen LogP contribution in [0.15, 0.2) is 6.20 Å². The molecule has 0 radical (unpaired) electrons. The zero-order valence-corrected chi connectivity index (χ0v) is 8.53. The number of carbonyl (C=O) groups is 1. The molecule has 0 amide bonds. The standard InChI is InChI=1S/C8H5Cl2F2NO/c1-3-5(8(11)12)6(7(10)14)4(9)2-13-3/h2,8H,1H3. The third-order valence-electron chi connectivity index (χ3n) is 1.68. The van der Waals surface area contributed by atoms with Gasteiger partial charge in [0, 0.05) is 11.9 Å². The molecule has 0 bridgehead atoms. The van der Waals surface area contributed by atoms with E-state index in [1.807, 2.05) is 0 Å². The number of pyridine rings is 1. The van der Waals surface area contributed by atoms with Crippen LogP contribution in [0.5, 0.6) is 0 Å². The van der Waals surface area contributed by atoms with Crippen molar-refractivity contribution < 1.29 is 13.6 Å². The van der Waals surface area contributed by atoms with Gasteiger partial charge < -0.3 is 0 Å². The van der Waals surface area contributed by atoms with Crippen LogP contribution in [0, 0.1) is 6.92 Å². The molecule has 0 aromatic carbocycles. The molecule has 1 heterocycles. The van der Waals surface area contributed by atoms with E-state index >= 15 is 0 Å². The highest BCUT2D eigenvalue weighted by Gasteiger charge is 2.23. The van der Waals surface area contributed by atoms with E-state index in [0.29, 0.717) is 0 Å². The van der Waals surface area contributed by atoms with Gasteiger partial charge >= 0.3 is 0 Å². The number of nitrogens with zero attached hydrogens (tertiary/aromatic N) is 1. The summed E-state index contributed by atoms with van der Waals surface area (Å²) in [5, 5.41) is -1.17. The monoisotopic (exact) mass is 239 g/mol. The Labute approximate surface area is 88.8 Å². The summed E-state index contributed by atoms with van der Waals surface area (Å²) >= 11 is 10.7. The molecular formula is C8H5Cl2F2NO. The van der Waals surface area contributed by atoms with E-state index in [1.54, 1.807) is 0 Å². The summed E-state index contributed by atoms with van der Waals surface area (Å²) in [7, 11) is 0. The first kappa shape index (κ1) is 11.3. The van der Waals surface area contributed by atoms with Crippen molar-refractivity contribution in [3.05, 3.63) is 28.0 Å². The van der Waals surface area contributed by atoms with E-state index in [2.05, 4.69) is 4.98 Å². The Balaban J connectivity index is 3.50. The van der Waals surface area contributed by atoms with Gasteiger partial charge in [-0.3, -0.25) is 9.78 Å². The van der Waals surface area contributed by atoms with Gasteiger partial charge in [-0.15, -0.1) is 0 Å². The van der Waals surface area contributed by atoms with Crippen molar-refractivity contribution >= 4 is 28.4 Å². The largest absolute Gasteiger partial charge is 0.276 e. The maximum Gasteiger partial charge on any atom is 0.266 e. The normalized spacial score (nSPS) is 10.7. The van der Waals surface area contributed by atoms with Crippen molar-refractivity contribution in [1.82, 2.24) is 4.98 Å². The van der Waals surface area contributed by atoms with Crippen LogP contribution in [0.4, 0.5) is 8.78 Å². The minimum absolute atomic E-state index is 0.0494. The number of carbonyl (C=O) groups excluding carboxylic acids is 1. The molecule has 0 atom stereocenters. The maximum absolute atomic E-state index is 12.5. The van der Waals surface area contributed by atoms with Crippen molar-refractivity contribution in [2.75, 3.05) is 0 Å². The van der Waals surface area contributed by atoms with Gasteiger partial charge in [0.1, 0.15) is 0 Å². The summed E-state index contributed by atoms with van der Waals surface area (Å²) in [6.07, 6.45) is -1.70. The molecule has 0 N–H and O–H groups in total. The van der Waals surface area contributed by atoms with Gasteiger partial charge in [0.05, 0.1) is 16.1 Å². The van der Waals surface area contributed by atoms with Crippen molar-refractivity contribution in [3.63, 3.8) is 0 Å². The van der Waals surface area contributed by atoms with E-state index in [0.717, 1.165) is 6.20 Å². The molecule has 0 aliphatic carbocycles. The molecule has 0 saturated carbocycles. The average Bonchev–Trinajstić information content (AvgIpc) is 2.07. The molecule has 0 unspecified atom stereocenters. The van der Waals surface area contributed by atoms with E-state index < -0.39 is 17.2 Å². The lowest BCUT2D eigenvalue weighted by molar-refractivity contribution is 0.106. The number of halogens is 4. The number of aromatic nitrogens is 1. The van der Waals surface area contributed by atoms with Crippen LogP contribution in [0.2, 0.25) is 5.02 Å². The lowest BCUT2D eigenvalue weighted by atomic mass is 10.1.